The van der Waals surface area contributed by atoms with Crippen LogP contribution in [0, 0.1) is 0 Å². The SMILES string of the molecule is COc1cccc2c1N(CCC(=O)O)CCS2(=O)=O. The van der Waals surface area contributed by atoms with Crippen LogP contribution in [-0.2, 0) is 14.6 Å². The fourth-order valence-corrected chi connectivity index (χ4v) is 3.63. The number of carboxylic acid groups (broad SMARTS) is 1. The number of para-hydroxylation sites is 1. The maximum absolute atomic E-state index is 12.0. The third kappa shape index (κ3) is 2.65. The summed E-state index contributed by atoms with van der Waals surface area (Å²) in [5.74, 6) is -0.469. The molecule has 7 heteroatoms. The summed E-state index contributed by atoms with van der Waals surface area (Å²) in [4.78, 5) is 12.6. The summed E-state index contributed by atoms with van der Waals surface area (Å²) in [5.41, 5.74) is 0.470. The van der Waals surface area contributed by atoms with Gasteiger partial charge in [0, 0.05) is 13.1 Å². The molecule has 0 saturated heterocycles. The van der Waals surface area contributed by atoms with Crippen LogP contribution in [0.3, 0.4) is 0 Å². The van der Waals surface area contributed by atoms with Crippen molar-refractivity contribution in [2.75, 3.05) is 30.9 Å². The van der Waals surface area contributed by atoms with Crippen LogP contribution in [0.15, 0.2) is 23.1 Å². The van der Waals surface area contributed by atoms with E-state index in [1.54, 1.807) is 17.0 Å². The molecule has 0 fully saturated rings. The van der Waals surface area contributed by atoms with Gasteiger partial charge in [-0.3, -0.25) is 4.79 Å². The van der Waals surface area contributed by atoms with Crippen LogP contribution in [0.5, 0.6) is 5.75 Å². The maximum Gasteiger partial charge on any atom is 0.305 e. The zero-order valence-corrected chi connectivity index (χ0v) is 11.3. The Bertz CT molecular complexity index is 596. The lowest BCUT2D eigenvalue weighted by Gasteiger charge is -2.31. The van der Waals surface area contributed by atoms with Crippen molar-refractivity contribution >= 4 is 21.5 Å². The molecule has 1 aliphatic rings. The van der Waals surface area contributed by atoms with E-state index in [1.807, 2.05) is 0 Å². The van der Waals surface area contributed by atoms with Crippen molar-refractivity contribution in [1.82, 2.24) is 0 Å². The summed E-state index contributed by atoms with van der Waals surface area (Å²) in [6.45, 7) is 0.543. The minimum atomic E-state index is -3.32. The molecular formula is C12H15NO5S. The number of nitrogens with zero attached hydrogens (tertiary/aromatic N) is 1. The summed E-state index contributed by atoms with van der Waals surface area (Å²) in [5, 5.41) is 8.75. The fourth-order valence-electron chi connectivity index (χ4n) is 2.14. The minimum Gasteiger partial charge on any atom is -0.495 e. The molecule has 0 atom stereocenters. The van der Waals surface area contributed by atoms with Crippen molar-refractivity contribution in [2.24, 2.45) is 0 Å². The summed E-state index contributed by atoms with van der Waals surface area (Å²) < 4.78 is 29.2. The van der Waals surface area contributed by atoms with E-state index in [-0.39, 0.29) is 30.2 Å². The second-order valence-electron chi connectivity index (χ2n) is 4.26. The Morgan fingerprint density at radius 3 is 2.84 bits per heavy atom. The van der Waals surface area contributed by atoms with E-state index in [0.717, 1.165) is 0 Å². The molecule has 0 aliphatic carbocycles. The summed E-state index contributed by atoms with van der Waals surface area (Å²) >= 11 is 0. The Morgan fingerprint density at radius 1 is 1.47 bits per heavy atom. The van der Waals surface area contributed by atoms with E-state index in [4.69, 9.17) is 9.84 Å². The molecule has 6 nitrogen and oxygen atoms in total. The molecular weight excluding hydrogens is 270 g/mol. The van der Waals surface area contributed by atoms with Gasteiger partial charge in [-0.25, -0.2) is 8.42 Å². The highest BCUT2D eigenvalue weighted by atomic mass is 32.2. The number of carbonyl (C=O) groups is 1. The molecule has 0 saturated carbocycles. The quantitative estimate of drug-likeness (QED) is 0.879. The smallest absolute Gasteiger partial charge is 0.305 e. The van der Waals surface area contributed by atoms with Crippen molar-refractivity contribution in [2.45, 2.75) is 11.3 Å². The molecule has 19 heavy (non-hydrogen) atoms. The number of carboxylic acids is 1. The first-order chi connectivity index (χ1) is 8.95. The van der Waals surface area contributed by atoms with Crippen molar-refractivity contribution in [3.05, 3.63) is 18.2 Å². The number of hydrogen-bond acceptors (Lipinski definition) is 5. The third-order valence-electron chi connectivity index (χ3n) is 3.06. The zero-order valence-electron chi connectivity index (χ0n) is 10.5. The Balaban J connectivity index is 2.46. The van der Waals surface area contributed by atoms with E-state index >= 15 is 0 Å². The second-order valence-corrected chi connectivity index (χ2v) is 6.33. The highest BCUT2D eigenvalue weighted by Crippen LogP contribution is 2.38. The summed E-state index contributed by atoms with van der Waals surface area (Å²) in [6, 6.07) is 4.82. The zero-order chi connectivity index (χ0) is 14.0. The van der Waals surface area contributed by atoms with Crippen molar-refractivity contribution in [3.8, 4) is 5.75 Å². The first-order valence-electron chi connectivity index (χ1n) is 5.82. The van der Waals surface area contributed by atoms with Gasteiger partial charge >= 0.3 is 5.97 Å². The van der Waals surface area contributed by atoms with Crippen LogP contribution >= 0.6 is 0 Å². The normalized spacial score (nSPS) is 16.8. The highest BCUT2D eigenvalue weighted by Gasteiger charge is 2.30. The van der Waals surface area contributed by atoms with E-state index in [1.165, 1.54) is 13.2 Å². The first-order valence-corrected chi connectivity index (χ1v) is 7.47. The Morgan fingerprint density at radius 2 is 2.21 bits per heavy atom. The fraction of sp³-hybridized carbons (Fsp3) is 0.417. The van der Waals surface area contributed by atoms with Crippen LogP contribution in [0.1, 0.15) is 6.42 Å². The van der Waals surface area contributed by atoms with E-state index in [9.17, 15) is 13.2 Å². The van der Waals surface area contributed by atoms with Gasteiger partial charge in [0.15, 0.2) is 9.84 Å². The Hall–Kier alpha value is -1.76. The molecule has 1 aromatic carbocycles. The molecule has 1 aliphatic heterocycles. The lowest BCUT2D eigenvalue weighted by molar-refractivity contribution is -0.136. The lowest BCUT2D eigenvalue weighted by atomic mass is 10.2. The molecule has 2 rings (SSSR count). The average Bonchev–Trinajstić information content (AvgIpc) is 2.37. The minimum absolute atomic E-state index is 0.00716. The number of aliphatic carboxylic acids is 1. The van der Waals surface area contributed by atoms with Gasteiger partial charge in [0.05, 0.1) is 29.9 Å². The van der Waals surface area contributed by atoms with Gasteiger partial charge in [-0.2, -0.15) is 0 Å². The van der Waals surface area contributed by atoms with Gasteiger partial charge in [-0.05, 0) is 12.1 Å². The Labute approximate surface area is 111 Å². The molecule has 0 bridgehead atoms. The monoisotopic (exact) mass is 285 g/mol. The topological polar surface area (TPSA) is 83.9 Å². The highest BCUT2D eigenvalue weighted by molar-refractivity contribution is 7.91. The predicted octanol–water partition coefficient (Wildman–Crippen LogP) is 0.764. The van der Waals surface area contributed by atoms with Crippen LogP contribution in [0.4, 0.5) is 5.69 Å². The van der Waals surface area contributed by atoms with E-state index in [0.29, 0.717) is 11.4 Å². The van der Waals surface area contributed by atoms with E-state index in [2.05, 4.69) is 0 Å². The molecule has 104 valence electrons. The third-order valence-corrected chi connectivity index (χ3v) is 4.78. The molecule has 1 heterocycles. The standard InChI is InChI=1S/C12H15NO5S/c1-18-9-3-2-4-10-12(9)13(6-5-11(14)15)7-8-19(10,16)17/h2-4H,5-8H2,1H3,(H,14,15). The first kappa shape index (κ1) is 13.7. The van der Waals surface area contributed by atoms with Crippen molar-refractivity contribution in [3.63, 3.8) is 0 Å². The largest absolute Gasteiger partial charge is 0.495 e. The van der Waals surface area contributed by atoms with Gasteiger partial charge in [0.2, 0.25) is 0 Å². The molecule has 1 aromatic rings. The number of ether oxygens (including phenoxy) is 1. The summed E-state index contributed by atoms with van der Waals surface area (Å²) in [6.07, 6.45) is -0.0441. The molecule has 0 unspecified atom stereocenters. The van der Waals surface area contributed by atoms with Gasteiger partial charge < -0.3 is 14.7 Å². The van der Waals surface area contributed by atoms with Gasteiger partial charge in [-0.1, -0.05) is 6.07 Å². The molecule has 1 N–H and O–H groups in total. The van der Waals surface area contributed by atoms with Crippen molar-refractivity contribution in [1.29, 1.82) is 0 Å². The van der Waals surface area contributed by atoms with Crippen molar-refractivity contribution < 1.29 is 23.1 Å². The second kappa shape index (κ2) is 5.08. The van der Waals surface area contributed by atoms with Gasteiger partial charge in [0.1, 0.15) is 5.75 Å². The van der Waals surface area contributed by atoms with Crippen LogP contribution in [0.25, 0.3) is 0 Å². The van der Waals surface area contributed by atoms with Gasteiger partial charge in [0.25, 0.3) is 0 Å². The van der Waals surface area contributed by atoms with Crippen LogP contribution in [0.2, 0.25) is 0 Å². The molecule has 0 spiro atoms. The number of anilines is 1. The van der Waals surface area contributed by atoms with Crippen LogP contribution < -0.4 is 9.64 Å². The van der Waals surface area contributed by atoms with E-state index < -0.39 is 15.8 Å². The number of rotatable bonds is 4. The molecule has 0 aromatic heterocycles. The molecule has 0 radical (unpaired) electrons. The average molecular weight is 285 g/mol. The number of fused-ring (bicyclic) bond motifs is 1. The number of sulfone groups is 1. The number of benzene rings is 1. The maximum atomic E-state index is 12.0. The van der Waals surface area contributed by atoms with Gasteiger partial charge in [-0.15, -0.1) is 0 Å². The number of methoxy groups -OCH3 is 1. The predicted molar refractivity (Wildman–Crippen MR) is 69.5 cm³/mol. The number of hydrogen-bond donors (Lipinski definition) is 1. The summed E-state index contributed by atoms with van der Waals surface area (Å²) in [7, 11) is -1.85. The van der Waals surface area contributed by atoms with Crippen LogP contribution in [-0.4, -0.2) is 45.4 Å². The lowest BCUT2D eigenvalue weighted by Crippen LogP contribution is -2.37. The molecule has 0 amide bonds. The Kier molecular flexibility index (Phi) is 3.66.